The average Bonchev–Trinajstić information content (AvgIpc) is 3.02. The van der Waals surface area contributed by atoms with Gasteiger partial charge in [-0.3, -0.25) is 14.4 Å². The fraction of sp³-hybridized carbons (Fsp3) is 0.875. The van der Waals surface area contributed by atoms with Gasteiger partial charge in [0, 0.05) is 6.42 Å². The van der Waals surface area contributed by atoms with Gasteiger partial charge in [-0.1, -0.05) is 26.7 Å². The molecule has 0 aliphatic heterocycles. The number of aliphatic carboxylic acids is 3. The van der Waals surface area contributed by atoms with E-state index in [1.165, 1.54) is 0 Å². The maximum absolute atomic E-state index is 12.6. The van der Waals surface area contributed by atoms with Crippen LogP contribution in [-0.2, 0) is 14.4 Å². The molecule has 0 bridgehead atoms. The molecular weight excluding hydrogens is 384 g/mol. The molecule has 0 radical (unpaired) electrons. The van der Waals surface area contributed by atoms with Crippen LogP contribution >= 0.6 is 0 Å². The highest BCUT2D eigenvalue weighted by molar-refractivity contribution is 5.76. The minimum Gasteiger partial charge on any atom is -0.481 e. The largest absolute Gasteiger partial charge is 0.481 e. The first-order valence-electron chi connectivity index (χ1n) is 11.7. The third-order valence-electron chi connectivity index (χ3n) is 9.51. The van der Waals surface area contributed by atoms with Crippen molar-refractivity contribution in [2.75, 3.05) is 0 Å². The van der Waals surface area contributed by atoms with Crippen molar-refractivity contribution in [2.24, 2.45) is 46.3 Å². The lowest BCUT2D eigenvalue weighted by Crippen LogP contribution is -2.53. The molecule has 3 aliphatic rings. The molecule has 8 atom stereocenters. The number of fused-ring (bicyclic) bond motifs is 1. The van der Waals surface area contributed by atoms with Crippen LogP contribution in [0.4, 0.5) is 0 Å². The number of carboxylic acid groups (broad SMARTS) is 3. The van der Waals surface area contributed by atoms with E-state index in [2.05, 4.69) is 6.92 Å². The third-order valence-corrected chi connectivity index (χ3v) is 9.51. The smallest absolute Gasteiger partial charge is 0.309 e. The van der Waals surface area contributed by atoms with Gasteiger partial charge in [0.2, 0.25) is 0 Å². The first kappa shape index (κ1) is 23.1. The Labute approximate surface area is 179 Å². The standard InChI is InChI=1S/C24H38O6/c1-14(7-12-19(25)26)17-10-11-18(24(17,3)22(29)30)16-9-8-15-6-4-5-13-23(15,2)20(16)21(27)28/h14-18,20H,4-13H2,1-3H3,(H,25,26)(H,27,28)(H,29,30). The Kier molecular flexibility index (Phi) is 6.54. The summed E-state index contributed by atoms with van der Waals surface area (Å²) in [4.78, 5) is 36.2. The van der Waals surface area contributed by atoms with E-state index in [4.69, 9.17) is 5.11 Å². The third kappa shape index (κ3) is 3.75. The first-order valence-corrected chi connectivity index (χ1v) is 11.7. The molecule has 0 spiro atoms. The second-order valence-corrected chi connectivity index (χ2v) is 10.8. The van der Waals surface area contributed by atoms with Crippen molar-refractivity contribution in [1.82, 2.24) is 0 Å². The van der Waals surface area contributed by atoms with Crippen LogP contribution in [-0.4, -0.2) is 33.2 Å². The van der Waals surface area contributed by atoms with E-state index in [0.717, 1.165) is 51.4 Å². The Morgan fingerprint density at radius 2 is 1.67 bits per heavy atom. The Hall–Kier alpha value is -1.59. The van der Waals surface area contributed by atoms with Gasteiger partial charge in [0.25, 0.3) is 0 Å². The van der Waals surface area contributed by atoms with Gasteiger partial charge in [0.15, 0.2) is 0 Å². The van der Waals surface area contributed by atoms with E-state index in [0.29, 0.717) is 12.3 Å². The summed E-state index contributed by atoms with van der Waals surface area (Å²) in [6.45, 7) is 5.91. The molecule has 0 aromatic carbocycles. The summed E-state index contributed by atoms with van der Waals surface area (Å²) in [6.07, 6.45) is 7.97. The second kappa shape index (κ2) is 8.51. The minimum atomic E-state index is -1.01. The summed E-state index contributed by atoms with van der Waals surface area (Å²) in [5.74, 6) is -2.97. The molecular formula is C24H38O6. The molecule has 6 nitrogen and oxygen atoms in total. The Morgan fingerprint density at radius 3 is 2.27 bits per heavy atom. The Morgan fingerprint density at radius 1 is 0.967 bits per heavy atom. The summed E-state index contributed by atoms with van der Waals surface area (Å²) >= 11 is 0. The molecule has 0 heterocycles. The van der Waals surface area contributed by atoms with Gasteiger partial charge in [0.1, 0.15) is 0 Å². The van der Waals surface area contributed by atoms with Gasteiger partial charge < -0.3 is 15.3 Å². The van der Waals surface area contributed by atoms with Crippen molar-refractivity contribution in [3.8, 4) is 0 Å². The lowest BCUT2D eigenvalue weighted by Gasteiger charge is -2.54. The van der Waals surface area contributed by atoms with E-state index >= 15 is 0 Å². The molecule has 6 heteroatoms. The second-order valence-electron chi connectivity index (χ2n) is 10.8. The van der Waals surface area contributed by atoms with Crippen molar-refractivity contribution in [1.29, 1.82) is 0 Å². The fourth-order valence-corrected chi connectivity index (χ4v) is 7.90. The zero-order valence-electron chi connectivity index (χ0n) is 18.6. The quantitative estimate of drug-likeness (QED) is 0.537. The topological polar surface area (TPSA) is 112 Å². The van der Waals surface area contributed by atoms with Crippen LogP contribution in [0.2, 0.25) is 0 Å². The predicted octanol–water partition coefficient (Wildman–Crippen LogP) is 4.91. The molecule has 30 heavy (non-hydrogen) atoms. The highest BCUT2D eigenvalue weighted by atomic mass is 16.4. The van der Waals surface area contributed by atoms with Gasteiger partial charge in [-0.05, 0) is 86.9 Å². The predicted molar refractivity (Wildman–Crippen MR) is 112 cm³/mol. The maximum Gasteiger partial charge on any atom is 0.309 e. The number of hydrogen-bond acceptors (Lipinski definition) is 3. The zero-order valence-corrected chi connectivity index (χ0v) is 18.6. The van der Waals surface area contributed by atoms with Gasteiger partial charge in [-0.25, -0.2) is 0 Å². The molecule has 0 amide bonds. The molecule has 3 rings (SSSR count). The number of rotatable bonds is 7. The monoisotopic (exact) mass is 422 g/mol. The molecule has 3 aliphatic carbocycles. The van der Waals surface area contributed by atoms with Gasteiger partial charge in [-0.15, -0.1) is 0 Å². The summed E-state index contributed by atoms with van der Waals surface area (Å²) in [6, 6.07) is 0. The molecule has 0 aromatic rings. The molecule has 3 fully saturated rings. The van der Waals surface area contributed by atoms with E-state index in [1.807, 2.05) is 13.8 Å². The molecule has 0 aromatic heterocycles. The SMILES string of the molecule is CC(CCC(=O)O)C1CCC(C2CCC3CCCCC3(C)C2C(=O)O)C1(C)C(=O)O. The van der Waals surface area contributed by atoms with Gasteiger partial charge in [0.05, 0.1) is 11.3 Å². The van der Waals surface area contributed by atoms with Gasteiger partial charge >= 0.3 is 17.9 Å². The van der Waals surface area contributed by atoms with E-state index in [-0.39, 0.29) is 35.5 Å². The van der Waals surface area contributed by atoms with Crippen molar-refractivity contribution >= 4 is 17.9 Å². The van der Waals surface area contributed by atoms with E-state index in [9.17, 15) is 24.6 Å². The van der Waals surface area contributed by atoms with E-state index < -0.39 is 29.2 Å². The van der Waals surface area contributed by atoms with Crippen LogP contribution in [0.5, 0.6) is 0 Å². The van der Waals surface area contributed by atoms with Gasteiger partial charge in [-0.2, -0.15) is 0 Å². The van der Waals surface area contributed by atoms with Crippen molar-refractivity contribution < 1.29 is 29.7 Å². The molecule has 170 valence electrons. The molecule has 0 saturated heterocycles. The van der Waals surface area contributed by atoms with Crippen LogP contribution < -0.4 is 0 Å². The summed E-state index contributed by atoms with van der Waals surface area (Å²) in [5, 5.41) is 29.7. The summed E-state index contributed by atoms with van der Waals surface area (Å²) in [5.41, 5.74) is -1.26. The molecule has 3 saturated carbocycles. The van der Waals surface area contributed by atoms with Crippen LogP contribution in [0.15, 0.2) is 0 Å². The summed E-state index contributed by atoms with van der Waals surface area (Å²) < 4.78 is 0. The lowest BCUT2D eigenvalue weighted by atomic mass is 9.49. The number of hydrogen-bond donors (Lipinski definition) is 3. The average molecular weight is 423 g/mol. The van der Waals surface area contributed by atoms with Crippen LogP contribution in [0.3, 0.4) is 0 Å². The lowest BCUT2D eigenvalue weighted by molar-refractivity contribution is -0.170. The summed E-state index contributed by atoms with van der Waals surface area (Å²) in [7, 11) is 0. The minimum absolute atomic E-state index is 0.0166. The van der Waals surface area contributed by atoms with Crippen LogP contribution in [0.1, 0.15) is 85.0 Å². The highest BCUT2D eigenvalue weighted by Crippen LogP contribution is 2.63. The maximum atomic E-state index is 12.6. The Balaban J connectivity index is 1.92. The van der Waals surface area contributed by atoms with Crippen LogP contribution in [0, 0.1) is 46.3 Å². The Bertz CT molecular complexity index is 689. The fourth-order valence-electron chi connectivity index (χ4n) is 7.90. The number of carboxylic acids is 3. The van der Waals surface area contributed by atoms with E-state index in [1.54, 1.807) is 0 Å². The van der Waals surface area contributed by atoms with Crippen molar-refractivity contribution in [2.45, 2.75) is 85.0 Å². The molecule has 3 N–H and O–H groups in total. The molecule has 8 unspecified atom stereocenters. The van der Waals surface area contributed by atoms with Crippen molar-refractivity contribution in [3.05, 3.63) is 0 Å². The number of carbonyl (C=O) groups is 3. The first-order chi connectivity index (χ1) is 14.0. The van der Waals surface area contributed by atoms with Crippen molar-refractivity contribution in [3.63, 3.8) is 0 Å². The van der Waals surface area contributed by atoms with Crippen LogP contribution in [0.25, 0.3) is 0 Å². The highest BCUT2D eigenvalue weighted by Gasteiger charge is 2.61. The normalized spacial score (nSPS) is 42.3. The zero-order chi connectivity index (χ0) is 22.3.